The summed E-state index contributed by atoms with van der Waals surface area (Å²) in [6.07, 6.45) is 6.50. The fraction of sp³-hybridized carbons (Fsp3) is 0.933. The molecular weight excluding hydrogens is 194 g/mol. The summed E-state index contributed by atoms with van der Waals surface area (Å²) < 4.78 is 0. The lowest BCUT2D eigenvalue weighted by Gasteiger charge is -2.39. The molecule has 0 aromatic rings. The van der Waals surface area contributed by atoms with Crippen LogP contribution in [0.4, 0.5) is 0 Å². The molecule has 0 heterocycles. The van der Waals surface area contributed by atoms with E-state index in [1.165, 1.54) is 25.7 Å². The first kappa shape index (κ1) is 13.6. The maximum Gasteiger partial charge on any atom is 0.0684 e. The predicted octanol–water partition coefficient (Wildman–Crippen LogP) is 4.78. The molecular formula is C15H27N. The first-order valence-electron chi connectivity index (χ1n) is 6.67. The van der Waals surface area contributed by atoms with Gasteiger partial charge in [0.2, 0.25) is 0 Å². The molecule has 0 spiro atoms. The van der Waals surface area contributed by atoms with Crippen molar-refractivity contribution in [3.05, 3.63) is 0 Å². The van der Waals surface area contributed by atoms with Crippen LogP contribution < -0.4 is 0 Å². The van der Waals surface area contributed by atoms with Crippen molar-refractivity contribution in [1.29, 1.82) is 5.26 Å². The molecule has 0 N–H and O–H groups in total. The Balaban J connectivity index is 2.55. The maximum atomic E-state index is 9.09. The van der Waals surface area contributed by atoms with E-state index in [2.05, 4.69) is 40.7 Å². The molecule has 2 unspecified atom stereocenters. The van der Waals surface area contributed by atoms with Crippen LogP contribution in [0.15, 0.2) is 0 Å². The van der Waals surface area contributed by atoms with Gasteiger partial charge in [0.15, 0.2) is 0 Å². The van der Waals surface area contributed by atoms with Crippen molar-refractivity contribution in [2.45, 2.75) is 66.7 Å². The Morgan fingerprint density at radius 2 is 2.06 bits per heavy atom. The highest BCUT2D eigenvalue weighted by Crippen LogP contribution is 2.43. The van der Waals surface area contributed by atoms with Crippen LogP contribution in [-0.2, 0) is 0 Å². The Labute approximate surface area is 101 Å². The van der Waals surface area contributed by atoms with Crippen LogP contribution in [0.25, 0.3) is 0 Å². The third-order valence-electron chi connectivity index (χ3n) is 4.18. The molecule has 1 rings (SSSR count). The van der Waals surface area contributed by atoms with Crippen molar-refractivity contribution in [1.82, 2.24) is 0 Å². The highest BCUT2D eigenvalue weighted by atomic mass is 14.4. The lowest BCUT2D eigenvalue weighted by molar-refractivity contribution is 0.123. The van der Waals surface area contributed by atoms with Gasteiger partial charge >= 0.3 is 0 Å². The quantitative estimate of drug-likeness (QED) is 0.673. The van der Waals surface area contributed by atoms with Gasteiger partial charge in [-0.3, -0.25) is 0 Å². The van der Waals surface area contributed by atoms with Crippen LogP contribution in [0.3, 0.4) is 0 Å². The Kier molecular flexibility index (Phi) is 4.05. The highest BCUT2D eigenvalue weighted by molar-refractivity contribution is 4.94. The molecule has 0 aromatic heterocycles. The second-order valence-electron chi connectivity index (χ2n) is 7.20. The molecule has 0 radical (unpaired) electrons. The Bertz CT molecular complexity index is 270. The first-order valence-corrected chi connectivity index (χ1v) is 6.67. The third kappa shape index (κ3) is 3.81. The average Bonchev–Trinajstić information content (AvgIpc) is 2.15. The molecule has 1 aliphatic carbocycles. The average molecular weight is 221 g/mol. The normalized spacial score (nSPS) is 27.1. The zero-order valence-electron chi connectivity index (χ0n) is 11.6. The van der Waals surface area contributed by atoms with Crippen LogP contribution in [0.5, 0.6) is 0 Å². The highest BCUT2D eigenvalue weighted by Gasteiger charge is 2.33. The van der Waals surface area contributed by atoms with Crippen molar-refractivity contribution in [3.8, 4) is 6.07 Å². The van der Waals surface area contributed by atoms with E-state index in [0.29, 0.717) is 11.3 Å². The molecule has 0 amide bonds. The van der Waals surface area contributed by atoms with Crippen LogP contribution in [0, 0.1) is 34.0 Å². The second-order valence-corrected chi connectivity index (χ2v) is 7.20. The zero-order valence-corrected chi connectivity index (χ0v) is 11.6. The van der Waals surface area contributed by atoms with Crippen LogP contribution in [0.2, 0.25) is 0 Å². The Morgan fingerprint density at radius 1 is 1.44 bits per heavy atom. The summed E-state index contributed by atoms with van der Waals surface area (Å²) in [5, 5.41) is 9.09. The molecule has 2 atom stereocenters. The lowest BCUT2D eigenvalue weighted by atomic mass is 9.66. The molecule has 1 aliphatic rings. The van der Waals surface area contributed by atoms with E-state index in [1.807, 2.05) is 0 Å². The molecule has 0 aliphatic heterocycles. The molecule has 1 heteroatoms. The molecule has 16 heavy (non-hydrogen) atoms. The first-order chi connectivity index (χ1) is 7.26. The molecule has 0 aromatic carbocycles. The largest absolute Gasteiger partial charge is 0.198 e. The van der Waals surface area contributed by atoms with E-state index in [1.54, 1.807) is 0 Å². The van der Waals surface area contributed by atoms with Gasteiger partial charge in [-0.25, -0.2) is 0 Å². The zero-order chi connectivity index (χ0) is 12.4. The van der Waals surface area contributed by atoms with Gasteiger partial charge < -0.3 is 0 Å². The Morgan fingerprint density at radius 3 is 2.56 bits per heavy atom. The smallest absolute Gasteiger partial charge is 0.0684 e. The monoisotopic (exact) mass is 221 g/mol. The van der Waals surface area contributed by atoms with Gasteiger partial charge in [0.1, 0.15) is 0 Å². The number of nitrogens with zero attached hydrogens (tertiary/aromatic N) is 1. The fourth-order valence-corrected chi connectivity index (χ4v) is 3.26. The summed E-state index contributed by atoms with van der Waals surface area (Å²) in [4.78, 5) is 0. The topological polar surface area (TPSA) is 23.8 Å². The van der Waals surface area contributed by atoms with Crippen LogP contribution in [0.1, 0.15) is 66.7 Å². The van der Waals surface area contributed by atoms with Crippen molar-refractivity contribution >= 4 is 0 Å². The van der Waals surface area contributed by atoms with E-state index in [9.17, 15) is 0 Å². The van der Waals surface area contributed by atoms with E-state index in [0.717, 1.165) is 12.3 Å². The molecule has 0 saturated heterocycles. The van der Waals surface area contributed by atoms with Crippen molar-refractivity contribution < 1.29 is 0 Å². The van der Waals surface area contributed by atoms with Gasteiger partial charge in [-0.15, -0.1) is 0 Å². The minimum atomic E-state index is -0.152. The Hall–Kier alpha value is -0.510. The van der Waals surface area contributed by atoms with E-state index in [4.69, 9.17) is 5.26 Å². The second kappa shape index (κ2) is 4.78. The van der Waals surface area contributed by atoms with Crippen molar-refractivity contribution in [2.75, 3.05) is 0 Å². The number of nitriles is 1. The van der Waals surface area contributed by atoms with E-state index in [-0.39, 0.29) is 5.41 Å². The standard InChI is InChI=1S/C15H27N/c1-12(9-15(4,5)11-16)13-7-6-8-14(2,3)10-13/h12-13H,6-10H2,1-5H3. The molecule has 1 saturated carbocycles. The fourth-order valence-electron chi connectivity index (χ4n) is 3.26. The minimum absolute atomic E-state index is 0.152. The van der Waals surface area contributed by atoms with Crippen molar-refractivity contribution in [2.24, 2.45) is 22.7 Å². The molecule has 0 bridgehead atoms. The van der Waals surface area contributed by atoms with Crippen molar-refractivity contribution in [3.63, 3.8) is 0 Å². The minimum Gasteiger partial charge on any atom is -0.198 e. The van der Waals surface area contributed by atoms with Crippen LogP contribution in [-0.4, -0.2) is 0 Å². The predicted molar refractivity (Wildman–Crippen MR) is 68.9 cm³/mol. The molecule has 1 nitrogen and oxygen atoms in total. The van der Waals surface area contributed by atoms with Gasteiger partial charge in [0, 0.05) is 0 Å². The SMILES string of the molecule is CC(CC(C)(C)C#N)C1CCCC(C)(C)C1. The number of rotatable bonds is 3. The maximum absolute atomic E-state index is 9.09. The molecule has 92 valence electrons. The summed E-state index contributed by atoms with van der Waals surface area (Å²) in [6, 6.07) is 2.43. The number of hydrogen-bond acceptors (Lipinski definition) is 1. The molecule has 1 fully saturated rings. The third-order valence-corrected chi connectivity index (χ3v) is 4.18. The summed E-state index contributed by atoms with van der Waals surface area (Å²) in [6.45, 7) is 11.3. The van der Waals surface area contributed by atoms with Gasteiger partial charge in [-0.1, -0.05) is 33.6 Å². The summed E-state index contributed by atoms with van der Waals surface area (Å²) >= 11 is 0. The summed E-state index contributed by atoms with van der Waals surface area (Å²) in [5.74, 6) is 1.52. The van der Waals surface area contributed by atoms with E-state index < -0.39 is 0 Å². The van der Waals surface area contributed by atoms with Gasteiger partial charge in [-0.05, 0) is 50.4 Å². The van der Waals surface area contributed by atoms with Crippen LogP contribution >= 0.6 is 0 Å². The lowest BCUT2D eigenvalue weighted by Crippen LogP contribution is -2.28. The van der Waals surface area contributed by atoms with Gasteiger partial charge in [0.25, 0.3) is 0 Å². The summed E-state index contributed by atoms with van der Waals surface area (Å²) in [7, 11) is 0. The van der Waals surface area contributed by atoms with Gasteiger partial charge in [-0.2, -0.15) is 5.26 Å². The van der Waals surface area contributed by atoms with E-state index >= 15 is 0 Å². The van der Waals surface area contributed by atoms with Gasteiger partial charge in [0.05, 0.1) is 11.5 Å². The number of hydrogen-bond donors (Lipinski definition) is 0. The summed E-state index contributed by atoms with van der Waals surface area (Å²) in [5.41, 5.74) is 0.370.